The molecule has 0 saturated heterocycles. The zero-order chi connectivity index (χ0) is 5.28. The lowest BCUT2D eigenvalue weighted by molar-refractivity contribution is -0.116. The largest absolute Gasteiger partial charge is 0.299 e. The third-order valence-corrected chi connectivity index (χ3v) is 1.45. The van der Waals surface area contributed by atoms with E-state index in [2.05, 4.69) is 0 Å². The van der Waals surface area contributed by atoms with Crippen LogP contribution in [0.5, 0.6) is 0 Å². The number of hydrogen-bond acceptors (Lipinski definition) is 1. The second kappa shape index (κ2) is 1.65. The first-order chi connectivity index (χ1) is 3.30. The van der Waals surface area contributed by atoms with Crippen LogP contribution in [0.25, 0.3) is 0 Å². The number of carbonyl (C=O) groups excluding carboxylic acids is 1. The summed E-state index contributed by atoms with van der Waals surface area (Å²) in [4.78, 5) is 10.4. The Morgan fingerprint density at radius 3 is 2.14 bits per heavy atom. The quantitative estimate of drug-likeness (QED) is 0.482. The van der Waals surface area contributed by atoms with Crippen molar-refractivity contribution in [2.45, 2.75) is 26.2 Å². The lowest BCUT2D eigenvalue weighted by atomic mass is 9.83. The molecule has 1 radical (unpaired) electrons. The minimum absolute atomic E-state index is 0.297. The highest BCUT2D eigenvalue weighted by Gasteiger charge is 2.21. The van der Waals surface area contributed by atoms with E-state index in [-0.39, 0.29) is 0 Å². The first-order valence-electron chi connectivity index (χ1n) is 2.66. The average Bonchev–Trinajstić information content (AvgIpc) is 1.23. The van der Waals surface area contributed by atoms with E-state index in [0.29, 0.717) is 5.78 Å². The lowest BCUT2D eigenvalue weighted by Crippen LogP contribution is -2.15. The molecule has 0 spiro atoms. The highest BCUT2D eigenvalue weighted by Crippen LogP contribution is 2.28. The molecule has 0 aliphatic heterocycles. The smallest absolute Gasteiger partial charge is 0.136 e. The van der Waals surface area contributed by atoms with E-state index in [1.165, 1.54) is 6.42 Å². The Kier molecular flexibility index (Phi) is 1.13. The molecule has 0 amide bonds. The Balaban J connectivity index is 2.27. The van der Waals surface area contributed by atoms with Crippen molar-refractivity contribution in [3.8, 4) is 0 Å². The molecule has 1 fully saturated rings. The van der Waals surface area contributed by atoms with Crippen LogP contribution in [0.4, 0.5) is 0 Å². The van der Waals surface area contributed by atoms with Crippen molar-refractivity contribution < 1.29 is 4.79 Å². The van der Waals surface area contributed by atoms with Gasteiger partial charge in [-0.2, -0.15) is 0 Å². The fourth-order valence-electron chi connectivity index (χ4n) is 0.706. The maximum Gasteiger partial charge on any atom is 0.136 e. The standard InChI is InChI=1S/C6H9O/c1-5(7)6-3-2-4-6/h2-4H2,1H3. The number of hydrogen-bond donors (Lipinski definition) is 0. The molecule has 1 aliphatic rings. The van der Waals surface area contributed by atoms with Crippen molar-refractivity contribution in [2.75, 3.05) is 0 Å². The van der Waals surface area contributed by atoms with Gasteiger partial charge in [-0.15, -0.1) is 0 Å². The van der Waals surface area contributed by atoms with E-state index in [9.17, 15) is 4.79 Å². The van der Waals surface area contributed by atoms with Crippen molar-refractivity contribution in [1.82, 2.24) is 0 Å². The van der Waals surface area contributed by atoms with Crippen molar-refractivity contribution >= 4 is 5.78 Å². The van der Waals surface area contributed by atoms with Crippen LogP contribution in [0, 0.1) is 5.92 Å². The van der Waals surface area contributed by atoms with Crippen LogP contribution in [0.15, 0.2) is 0 Å². The van der Waals surface area contributed by atoms with Crippen molar-refractivity contribution in [3.05, 3.63) is 5.92 Å². The molecule has 1 heteroatoms. The molecule has 1 saturated carbocycles. The number of Topliss-reactive ketones (excluding diaryl/α,β-unsaturated/α-hetero) is 1. The molecule has 1 aliphatic carbocycles. The lowest BCUT2D eigenvalue weighted by Gasteiger charge is -2.20. The number of rotatable bonds is 1. The van der Waals surface area contributed by atoms with Gasteiger partial charge in [0.25, 0.3) is 0 Å². The summed E-state index contributed by atoms with van der Waals surface area (Å²) in [7, 11) is 0. The van der Waals surface area contributed by atoms with Gasteiger partial charge in [-0.1, -0.05) is 6.42 Å². The van der Waals surface area contributed by atoms with Gasteiger partial charge < -0.3 is 0 Å². The minimum atomic E-state index is 0.297. The van der Waals surface area contributed by atoms with E-state index >= 15 is 0 Å². The topological polar surface area (TPSA) is 17.1 Å². The third-order valence-electron chi connectivity index (χ3n) is 1.45. The molecule has 1 rings (SSSR count). The van der Waals surface area contributed by atoms with Gasteiger partial charge in [-0.3, -0.25) is 4.79 Å². The van der Waals surface area contributed by atoms with E-state index in [1.54, 1.807) is 6.92 Å². The van der Waals surface area contributed by atoms with Crippen molar-refractivity contribution in [2.24, 2.45) is 0 Å². The number of ketones is 1. The second-order valence-corrected chi connectivity index (χ2v) is 2.01. The summed E-state index contributed by atoms with van der Waals surface area (Å²) < 4.78 is 0. The summed E-state index contributed by atoms with van der Waals surface area (Å²) in [5.74, 6) is 1.44. The van der Waals surface area contributed by atoms with Crippen LogP contribution in [0.1, 0.15) is 26.2 Å². The molecule has 0 aromatic rings. The molecular formula is C6H9O. The van der Waals surface area contributed by atoms with Crippen LogP contribution >= 0.6 is 0 Å². The van der Waals surface area contributed by atoms with Crippen molar-refractivity contribution in [1.29, 1.82) is 0 Å². The highest BCUT2D eigenvalue weighted by molar-refractivity contribution is 5.90. The molecular weight excluding hydrogens is 88.1 g/mol. The fraction of sp³-hybridized carbons (Fsp3) is 0.667. The van der Waals surface area contributed by atoms with Gasteiger partial charge in [-0.25, -0.2) is 0 Å². The Labute approximate surface area is 43.7 Å². The van der Waals surface area contributed by atoms with Gasteiger partial charge in [0.2, 0.25) is 0 Å². The monoisotopic (exact) mass is 97.1 g/mol. The third kappa shape index (κ3) is 0.817. The predicted molar refractivity (Wildman–Crippen MR) is 27.8 cm³/mol. The molecule has 0 unspecified atom stereocenters. The predicted octanol–water partition coefficient (Wildman–Crippen LogP) is 1.33. The molecule has 39 valence electrons. The van der Waals surface area contributed by atoms with Crippen LogP contribution in [-0.4, -0.2) is 5.78 Å². The van der Waals surface area contributed by atoms with Crippen LogP contribution < -0.4 is 0 Å². The summed E-state index contributed by atoms with van der Waals surface area (Å²) in [5.41, 5.74) is 0. The number of carbonyl (C=O) groups is 1. The highest BCUT2D eigenvalue weighted by atomic mass is 16.1. The van der Waals surface area contributed by atoms with Crippen LogP contribution in [-0.2, 0) is 4.79 Å². The van der Waals surface area contributed by atoms with Gasteiger partial charge >= 0.3 is 0 Å². The molecule has 0 aromatic carbocycles. The Morgan fingerprint density at radius 2 is 2.14 bits per heavy atom. The van der Waals surface area contributed by atoms with Crippen molar-refractivity contribution in [3.63, 3.8) is 0 Å². The maximum atomic E-state index is 10.4. The SMILES string of the molecule is CC(=O)[C]1CCC1. The minimum Gasteiger partial charge on any atom is -0.299 e. The molecule has 0 aromatic heterocycles. The van der Waals surface area contributed by atoms with E-state index < -0.39 is 0 Å². The Hall–Kier alpha value is -0.330. The van der Waals surface area contributed by atoms with Gasteiger partial charge in [0.05, 0.1) is 0 Å². The normalized spacial score (nSPS) is 21.3. The second-order valence-electron chi connectivity index (χ2n) is 2.01. The van der Waals surface area contributed by atoms with Crippen LogP contribution in [0.2, 0.25) is 0 Å². The van der Waals surface area contributed by atoms with Gasteiger partial charge in [0.15, 0.2) is 0 Å². The van der Waals surface area contributed by atoms with Gasteiger partial charge in [0.1, 0.15) is 5.78 Å². The fourth-order valence-corrected chi connectivity index (χ4v) is 0.706. The zero-order valence-electron chi connectivity index (χ0n) is 4.53. The summed E-state index contributed by atoms with van der Waals surface area (Å²) in [6.45, 7) is 1.65. The molecule has 7 heavy (non-hydrogen) atoms. The van der Waals surface area contributed by atoms with Crippen LogP contribution in [0.3, 0.4) is 0 Å². The Bertz CT molecular complexity index is 82.2. The summed E-state index contributed by atoms with van der Waals surface area (Å²) in [6, 6.07) is 0. The van der Waals surface area contributed by atoms with E-state index in [1.807, 2.05) is 0 Å². The first kappa shape index (κ1) is 4.82. The molecule has 0 N–H and O–H groups in total. The summed E-state index contributed by atoms with van der Waals surface area (Å²) >= 11 is 0. The molecule has 0 heterocycles. The zero-order valence-corrected chi connectivity index (χ0v) is 4.53. The Morgan fingerprint density at radius 1 is 1.57 bits per heavy atom. The van der Waals surface area contributed by atoms with E-state index in [0.717, 1.165) is 18.8 Å². The first-order valence-corrected chi connectivity index (χ1v) is 2.66. The molecule has 1 nitrogen and oxygen atoms in total. The van der Waals surface area contributed by atoms with Gasteiger partial charge in [0, 0.05) is 5.92 Å². The molecule has 0 atom stereocenters. The van der Waals surface area contributed by atoms with Gasteiger partial charge in [-0.05, 0) is 19.8 Å². The van der Waals surface area contributed by atoms with E-state index in [4.69, 9.17) is 0 Å². The average molecular weight is 97.1 g/mol. The molecule has 0 bridgehead atoms. The summed E-state index contributed by atoms with van der Waals surface area (Å²) in [5, 5.41) is 0. The summed E-state index contributed by atoms with van der Waals surface area (Å²) in [6.07, 6.45) is 3.36. The maximum absolute atomic E-state index is 10.4.